The predicted molar refractivity (Wildman–Crippen MR) is 227 cm³/mol. The first kappa shape index (κ1) is 50.7. The predicted octanol–water partition coefficient (Wildman–Crippen LogP) is 14.8. The normalized spacial score (nSPS) is 12.1. The maximum absolute atomic E-state index is 12.4. The van der Waals surface area contributed by atoms with Gasteiger partial charge in [-0.3, -0.25) is 4.79 Å². The Kier molecular flexibility index (Phi) is 45.6. The van der Waals surface area contributed by atoms with Gasteiger partial charge >= 0.3 is 0 Å². The van der Waals surface area contributed by atoms with Gasteiger partial charge in [0.15, 0.2) is 0 Å². The van der Waals surface area contributed by atoms with E-state index in [4.69, 9.17) is 14.2 Å². The summed E-state index contributed by atoms with van der Waals surface area (Å²) < 4.78 is 16.8. The van der Waals surface area contributed by atoms with E-state index in [-0.39, 0.29) is 11.3 Å². The van der Waals surface area contributed by atoms with Gasteiger partial charge in [0.1, 0.15) is 0 Å². The minimum atomic E-state index is 0.0313. The van der Waals surface area contributed by atoms with E-state index in [1.54, 1.807) is 7.11 Å². The molecular formula is C45H91NO4S. The maximum atomic E-state index is 12.4. The van der Waals surface area contributed by atoms with Crippen molar-refractivity contribution in [3.8, 4) is 0 Å². The molecule has 1 atom stereocenters. The third-order valence-electron chi connectivity index (χ3n) is 10.3. The van der Waals surface area contributed by atoms with Crippen LogP contribution in [-0.4, -0.2) is 57.2 Å². The van der Waals surface area contributed by atoms with Gasteiger partial charge in [-0.2, -0.15) is 0 Å². The van der Waals surface area contributed by atoms with Gasteiger partial charge in [0.2, 0.25) is 0 Å². The zero-order chi connectivity index (χ0) is 37.0. The second-order valence-electron chi connectivity index (χ2n) is 15.4. The molecule has 0 saturated heterocycles. The average Bonchev–Trinajstić information content (AvgIpc) is 3.14. The van der Waals surface area contributed by atoms with Gasteiger partial charge in [-0.05, 0) is 12.8 Å². The summed E-state index contributed by atoms with van der Waals surface area (Å²) in [6.07, 6.45) is 47.2. The van der Waals surface area contributed by atoms with Crippen molar-refractivity contribution in [2.24, 2.45) is 0 Å². The number of ether oxygens (including phenoxy) is 3. The number of hydrogen-bond donors (Lipinski definition) is 1. The van der Waals surface area contributed by atoms with Gasteiger partial charge in [0.05, 0.1) is 25.9 Å². The molecule has 0 aliphatic carbocycles. The standard InChI is InChI=1S/C45H91NO4S/c1-4-6-8-10-12-14-16-18-20-22-23-25-27-29-31-33-35-37-44(43-51-45(47)46-38-40-49-42-41-48-3)50-39-36-34-32-30-28-26-24-21-19-17-15-13-11-9-7-5-2/h44H,4-43H2,1-3H3,(H,46,47). The minimum Gasteiger partial charge on any atom is -0.382 e. The number of methoxy groups -OCH3 is 1. The molecule has 1 unspecified atom stereocenters. The first-order valence-corrected chi connectivity index (χ1v) is 23.8. The molecule has 51 heavy (non-hydrogen) atoms. The first-order chi connectivity index (χ1) is 25.2. The average molecular weight is 742 g/mol. The fraction of sp³-hybridized carbons (Fsp3) is 0.978. The largest absolute Gasteiger partial charge is 0.382 e. The number of rotatable bonds is 44. The quantitative estimate of drug-likeness (QED) is 0.0630. The molecule has 0 aromatic carbocycles. The highest BCUT2D eigenvalue weighted by atomic mass is 32.2. The number of unbranched alkanes of at least 4 members (excludes halogenated alkanes) is 31. The van der Waals surface area contributed by atoms with Crippen molar-refractivity contribution in [1.29, 1.82) is 0 Å². The Morgan fingerprint density at radius 1 is 0.471 bits per heavy atom. The number of carbonyl (C=O) groups is 1. The SMILES string of the molecule is CCCCCCCCCCCCCCCCCCCC(CSC(=O)NCCOCCOC)OCCCCCCCCCCCCCCCCCC. The van der Waals surface area contributed by atoms with E-state index in [0.29, 0.717) is 26.4 Å². The Bertz CT molecular complexity index is 614. The van der Waals surface area contributed by atoms with Crippen molar-refractivity contribution >= 4 is 17.0 Å². The smallest absolute Gasteiger partial charge is 0.279 e. The van der Waals surface area contributed by atoms with Crippen LogP contribution in [0.25, 0.3) is 0 Å². The van der Waals surface area contributed by atoms with Crippen LogP contribution in [0, 0.1) is 0 Å². The number of hydrogen-bond acceptors (Lipinski definition) is 5. The zero-order valence-electron chi connectivity index (χ0n) is 34.9. The van der Waals surface area contributed by atoms with E-state index in [1.165, 1.54) is 217 Å². The molecule has 0 rings (SSSR count). The van der Waals surface area contributed by atoms with Crippen molar-refractivity contribution in [1.82, 2.24) is 5.32 Å². The molecule has 5 nitrogen and oxygen atoms in total. The number of amides is 1. The summed E-state index contributed by atoms with van der Waals surface area (Å²) in [7, 11) is 1.67. The summed E-state index contributed by atoms with van der Waals surface area (Å²) >= 11 is 1.38. The summed E-state index contributed by atoms with van der Waals surface area (Å²) in [5.41, 5.74) is 0. The molecule has 0 aliphatic heterocycles. The molecule has 0 spiro atoms. The van der Waals surface area contributed by atoms with Crippen LogP contribution in [0.5, 0.6) is 0 Å². The Hall–Kier alpha value is -0.300. The molecule has 0 aromatic rings. The second-order valence-corrected chi connectivity index (χ2v) is 16.4. The van der Waals surface area contributed by atoms with Crippen molar-refractivity contribution in [2.45, 2.75) is 238 Å². The second kappa shape index (κ2) is 45.9. The zero-order valence-corrected chi connectivity index (χ0v) is 35.7. The van der Waals surface area contributed by atoms with Crippen molar-refractivity contribution in [3.63, 3.8) is 0 Å². The Labute approximate surface area is 324 Å². The van der Waals surface area contributed by atoms with Gasteiger partial charge in [0.25, 0.3) is 5.24 Å². The van der Waals surface area contributed by atoms with Gasteiger partial charge in [-0.15, -0.1) is 0 Å². The van der Waals surface area contributed by atoms with Crippen LogP contribution in [0.15, 0.2) is 0 Å². The highest BCUT2D eigenvalue weighted by Crippen LogP contribution is 2.18. The fourth-order valence-corrected chi connectivity index (χ4v) is 7.71. The lowest BCUT2D eigenvalue weighted by molar-refractivity contribution is 0.0588. The highest BCUT2D eigenvalue weighted by Gasteiger charge is 2.13. The van der Waals surface area contributed by atoms with Crippen LogP contribution < -0.4 is 5.32 Å². The lowest BCUT2D eigenvalue weighted by Crippen LogP contribution is -2.26. The van der Waals surface area contributed by atoms with Gasteiger partial charge < -0.3 is 19.5 Å². The summed E-state index contributed by atoms with van der Waals surface area (Å²) in [6, 6.07) is 0. The molecule has 0 aliphatic rings. The number of thioether (sulfide) groups is 1. The van der Waals surface area contributed by atoms with Crippen LogP contribution in [0.4, 0.5) is 4.79 Å². The molecule has 0 bridgehead atoms. The fourth-order valence-electron chi connectivity index (χ4n) is 6.90. The van der Waals surface area contributed by atoms with Crippen molar-refractivity contribution in [2.75, 3.05) is 45.8 Å². The first-order valence-electron chi connectivity index (χ1n) is 22.8. The third kappa shape index (κ3) is 44.0. The van der Waals surface area contributed by atoms with Crippen LogP contribution in [0.3, 0.4) is 0 Å². The molecular weight excluding hydrogens is 651 g/mol. The van der Waals surface area contributed by atoms with Crippen LogP contribution in [-0.2, 0) is 14.2 Å². The van der Waals surface area contributed by atoms with Gasteiger partial charge in [-0.1, -0.05) is 231 Å². The van der Waals surface area contributed by atoms with E-state index >= 15 is 0 Å². The van der Waals surface area contributed by atoms with Crippen molar-refractivity contribution < 1.29 is 19.0 Å². The van der Waals surface area contributed by atoms with E-state index in [2.05, 4.69) is 19.2 Å². The highest BCUT2D eigenvalue weighted by molar-refractivity contribution is 8.13. The third-order valence-corrected chi connectivity index (χ3v) is 11.3. The van der Waals surface area contributed by atoms with Crippen LogP contribution in [0.2, 0.25) is 0 Å². The number of carbonyl (C=O) groups excluding carboxylic acids is 1. The summed E-state index contributed by atoms with van der Waals surface area (Å²) in [5, 5.41) is 3.00. The van der Waals surface area contributed by atoms with E-state index in [0.717, 1.165) is 25.2 Å². The molecule has 0 radical (unpaired) electrons. The molecule has 0 saturated carbocycles. The lowest BCUT2D eigenvalue weighted by atomic mass is 10.0. The maximum Gasteiger partial charge on any atom is 0.279 e. The Morgan fingerprint density at radius 2 is 0.843 bits per heavy atom. The molecule has 0 heterocycles. The summed E-state index contributed by atoms with van der Waals surface area (Å²) in [5.74, 6) is 0.744. The Balaban J connectivity index is 3.94. The van der Waals surface area contributed by atoms with Crippen LogP contribution in [0.1, 0.15) is 232 Å². The molecule has 6 heteroatoms. The topological polar surface area (TPSA) is 56.8 Å². The van der Waals surface area contributed by atoms with E-state index in [1.807, 2.05) is 0 Å². The van der Waals surface area contributed by atoms with Crippen LogP contribution >= 0.6 is 11.8 Å². The molecule has 1 amide bonds. The molecule has 0 fully saturated rings. The molecule has 0 aromatic heterocycles. The lowest BCUT2D eigenvalue weighted by Gasteiger charge is -2.18. The van der Waals surface area contributed by atoms with Crippen molar-refractivity contribution in [3.05, 3.63) is 0 Å². The summed E-state index contributed by atoms with van der Waals surface area (Å²) in [6.45, 7) is 7.63. The molecule has 306 valence electrons. The van der Waals surface area contributed by atoms with Gasteiger partial charge in [0, 0.05) is 26.0 Å². The van der Waals surface area contributed by atoms with E-state index in [9.17, 15) is 4.79 Å². The number of nitrogens with one attached hydrogen (secondary N) is 1. The minimum absolute atomic E-state index is 0.0313. The monoisotopic (exact) mass is 742 g/mol. The van der Waals surface area contributed by atoms with Gasteiger partial charge in [-0.25, -0.2) is 0 Å². The summed E-state index contributed by atoms with van der Waals surface area (Å²) in [4.78, 5) is 12.4. The molecule has 1 N–H and O–H groups in total. The van der Waals surface area contributed by atoms with E-state index < -0.39 is 0 Å². The Morgan fingerprint density at radius 3 is 1.24 bits per heavy atom.